The van der Waals surface area contributed by atoms with Crippen LogP contribution in [0.25, 0.3) is 0 Å². The van der Waals surface area contributed by atoms with Crippen molar-refractivity contribution in [2.24, 2.45) is 0 Å². The summed E-state index contributed by atoms with van der Waals surface area (Å²) in [5, 5.41) is 12.0. The first kappa shape index (κ1) is 21.6. The molecule has 0 aliphatic carbocycles. The van der Waals surface area contributed by atoms with Gasteiger partial charge in [0, 0.05) is 5.92 Å². The third kappa shape index (κ3) is 4.85. The Kier molecular flexibility index (Phi) is 7.07. The van der Waals surface area contributed by atoms with Crippen LogP contribution in [0.3, 0.4) is 0 Å². The highest BCUT2D eigenvalue weighted by atomic mass is 16.5. The van der Waals surface area contributed by atoms with Gasteiger partial charge in [-0.1, -0.05) is 49.4 Å². The lowest BCUT2D eigenvalue weighted by atomic mass is 9.74. The molecule has 4 rings (SSSR count). The third-order valence-corrected chi connectivity index (χ3v) is 6.23. The monoisotopic (exact) mass is 422 g/mol. The summed E-state index contributed by atoms with van der Waals surface area (Å²) in [6.45, 7) is 7.46. The number of rotatable bonds is 9. The number of hydrogen-bond acceptors (Lipinski definition) is 4. The van der Waals surface area contributed by atoms with Gasteiger partial charge in [-0.3, -0.25) is 0 Å². The van der Waals surface area contributed by atoms with Gasteiger partial charge in [-0.25, -0.2) is 0 Å². The lowest BCUT2D eigenvalue weighted by Gasteiger charge is -2.35. The summed E-state index contributed by atoms with van der Waals surface area (Å²) in [6, 6.07) is 21.6. The van der Waals surface area contributed by atoms with Crippen LogP contribution in [-0.2, 0) is 10.3 Å². The van der Waals surface area contributed by atoms with Gasteiger partial charge in [-0.15, -0.1) is 0 Å². The molecular formula is C26H32NO4+. The Morgan fingerprint density at radius 2 is 1.74 bits per heavy atom. The Bertz CT molecular complexity index is 904. The largest absolute Gasteiger partial charge is 0.488 e. The highest BCUT2D eigenvalue weighted by Gasteiger charge is 2.42. The van der Waals surface area contributed by atoms with Gasteiger partial charge in [-0.05, 0) is 41.8 Å². The molecule has 5 heteroatoms. The standard InChI is InChI=1S/C26H31NO4/c1-2-24(21-7-4-3-5-8-21)26(28,25-9-6-17-31-25)22-10-12-23(13-11-22)30-20-16-27-14-18-29-19-15-27/h3-13,17,24,28H,2,14-16,18-20H2,1H3/p+1/t24-,26-/m1/s1. The molecule has 0 unspecified atom stereocenters. The maximum absolute atomic E-state index is 12.0. The van der Waals surface area contributed by atoms with E-state index in [-0.39, 0.29) is 5.92 Å². The predicted octanol–water partition coefficient (Wildman–Crippen LogP) is 3.00. The summed E-state index contributed by atoms with van der Waals surface area (Å²) < 4.78 is 17.1. The van der Waals surface area contributed by atoms with E-state index >= 15 is 0 Å². The fourth-order valence-electron chi connectivity index (χ4n) is 4.50. The molecule has 2 aromatic carbocycles. The molecule has 0 radical (unpaired) electrons. The van der Waals surface area contributed by atoms with Crippen molar-refractivity contribution >= 4 is 0 Å². The van der Waals surface area contributed by atoms with Crippen LogP contribution in [0.1, 0.15) is 36.1 Å². The Balaban J connectivity index is 1.53. The zero-order valence-corrected chi connectivity index (χ0v) is 18.1. The van der Waals surface area contributed by atoms with E-state index in [4.69, 9.17) is 13.9 Å². The molecule has 2 heterocycles. The van der Waals surface area contributed by atoms with E-state index in [1.165, 1.54) is 4.90 Å². The number of benzene rings is 2. The van der Waals surface area contributed by atoms with Crippen molar-refractivity contribution in [3.63, 3.8) is 0 Å². The van der Waals surface area contributed by atoms with E-state index in [0.29, 0.717) is 12.4 Å². The molecule has 2 atom stereocenters. The smallest absolute Gasteiger partial charge is 0.154 e. The third-order valence-electron chi connectivity index (χ3n) is 6.23. The van der Waals surface area contributed by atoms with Crippen LogP contribution in [0.4, 0.5) is 0 Å². The number of ether oxygens (including phenoxy) is 2. The molecule has 1 aliphatic rings. The summed E-state index contributed by atoms with van der Waals surface area (Å²) in [5.41, 5.74) is 0.609. The Morgan fingerprint density at radius 3 is 2.39 bits per heavy atom. The Labute approximate surface area is 184 Å². The first-order valence-corrected chi connectivity index (χ1v) is 11.2. The van der Waals surface area contributed by atoms with Crippen molar-refractivity contribution in [2.45, 2.75) is 24.9 Å². The van der Waals surface area contributed by atoms with Crippen LogP contribution in [0.15, 0.2) is 77.4 Å². The summed E-state index contributed by atoms with van der Waals surface area (Å²) in [5.74, 6) is 1.22. The average molecular weight is 423 g/mol. The first-order chi connectivity index (χ1) is 15.2. The topological polar surface area (TPSA) is 56.3 Å². The van der Waals surface area contributed by atoms with Crippen molar-refractivity contribution < 1.29 is 23.9 Å². The second-order valence-electron chi connectivity index (χ2n) is 8.10. The van der Waals surface area contributed by atoms with E-state index < -0.39 is 5.60 Å². The fourth-order valence-corrected chi connectivity index (χ4v) is 4.50. The summed E-state index contributed by atoms with van der Waals surface area (Å²) in [7, 11) is 0. The number of morpholine rings is 1. The van der Waals surface area contributed by atoms with Crippen LogP contribution >= 0.6 is 0 Å². The number of quaternary nitrogens is 1. The van der Waals surface area contributed by atoms with E-state index in [9.17, 15) is 5.11 Å². The molecule has 164 valence electrons. The summed E-state index contributed by atoms with van der Waals surface area (Å²) in [4.78, 5) is 1.52. The number of aliphatic hydroxyl groups is 1. The van der Waals surface area contributed by atoms with Gasteiger partial charge in [0.25, 0.3) is 0 Å². The first-order valence-electron chi connectivity index (χ1n) is 11.2. The molecular weight excluding hydrogens is 390 g/mol. The zero-order chi connectivity index (χ0) is 21.5. The van der Waals surface area contributed by atoms with Crippen molar-refractivity contribution in [3.05, 3.63) is 89.9 Å². The Hall–Kier alpha value is -2.60. The van der Waals surface area contributed by atoms with E-state index in [0.717, 1.165) is 56.1 Å². The van der Waals surface area contributed by atoms with Gasteiger partial charge in [0.2, 0.25) is 0 Å². The summed E-state index contributed by atoms with van der Waals surface area (Å²) in [6.07, 6.45) is 2.38. The highest BCUT2D eigenvalue weighted by Crippen LogP contribution is 2.44. The normalized spacial score (nSPS) is 17.7. The van der Waals surface area contributed by atoms with E-state index in [2.05, 4.69) is 19.1 Å². The highest BCUT2D eigenvalue weighted by molar-refractivity contribution is 5.40. The van der Waals surface area contributed by atoms with Gasteiger partial charge >= 0.3 is 0 Å². The van der Waals surface area contributed by atoms with E-state index in [1.807, 2.05) is 54.6 Å². The molecule has 31 heavy (non-hydrogen) atoms. The lowest BCUT2D eigenvalue weighted by molar-refractivity contribution is -0.908. The fraction of sp³-hybridized carbons (Fsp3) is 0.385. The van der Waals surface area contributed by atoms with Gasteiger partial charge in [0.05, 0.1) is 19.5 Å². The van der Waals surface area contributed by atoms with Crippen LogP contribution in [0, 0.1) is 0 Å². The number of hydrogen-bond donors (Lipinski definition) is 2. The van der Waals surface area contributed by atoms with Gasteiger partial charge < -0.3 is 23.9 Å². The molecule has 0 amide bonds. The van der Waals surface area contributed by atoms with Gasteiger partial charge in [0.15, 0.2) is 5.60 Å². The van der Waals surface area contributed by atoms with Crippen molar-refractivity contribution in [3.8, 4) is 5.75 Å². The molecule has 0 saturated carbocycles. The second kappa shape index (κ2) is 10.1. The average Bonchev–Trinajstić information content (AvgIpc) is 3.37. The second-order valence-corrected chi connectivity index (χ2v) is 8.10. The minimum absolute atomic E-state index is 0.142. The van der Waals surface area contributed by atoms with Crippen LogP contribution < -0.4 is 9.64 Å². The van der Waals surface area contributed by atoms with Crippen LogP contribution in [-0.4, -0.2) is 44.6 Å². The molecule has 1 aliphatic heterocycles. The van der Waals surface area contributed by atoms with Crippen LogP contribution in [0.2, 0.25) is 0 Å². The molecule has 0 bridgehead atoms. The number of nitrogens with one attached hydrogen (secondary N) is 1. The molecule has 1 saturated heterocycles. The molecule has 5 nitrogen and oxygen atoms in total. The Morgan fingerprint density at radius 1 is 1.00 bits per heavy atom. The maximum Gasteiger partial charge on any atom is 0.154 e. The lowest BCUT2D eigenvalue weighted by Crippen LogP contribution is -3.14. The van der Waals surface area contributed by atoms with Crippen molar-refractivity contribution in [2.75, 3.05) is 39.5 Å². The molecule has 1 fully saturated rings. The van der Waals surface area contributed by atoms with Crippen molar-refractivity contribution in [1.29, 1.82) is 0 Å². The quantitative estimate of drug-likeness (QED) is 0.557. The van der Waals surface area contributed by atoms with Crippen molar-refractivity contribution in [1.82, 2.24) is 0 Å². The SMILES string of the molecule is CC[C@H](c1ccccc1)[C@](O)(c1ccc(OCC[NH+]2CCOCC2)cc1)c1ccco1. The molecule has 1 aromatic heterocycles. The molecule has 2 N–H and O–H groups in total. The van der Waals surface area contributed by atoms with Gasteiger partial charge in [-0.2, -0.15) is 0 Å². The minimum atomic E-state index is -1.27. The van der Waals surface area contributed by atoms with Crippen LogP contribution in [0.5, 0.6) is 5.75 Å². The molecule has 0 spiro atoms. The minimum Gasteiger partial charge on any atom is -0.488 e. The predicted molar refractivity (Wildman–Crippen MR) is 120 cm³/mol. The maximum atomic E-state index is 12.0. The summed E-state index contributed by atoms with van der Waals surface area (Å²) >= 11 is 0. The number of furan rings is 1. The van der Waals surface area contributed by atoms with Gasteiger partial charge in [0.1, 0.15) is 37.8 Å². The molecule has 3 aromatic rings. The van der Waals surface area contributed by atoms with E-state index in [1.54, 1.807) is 6.26 Å². The zero-order valence-electron chi connectivity index (χ0n) is 18.1.